The second-order valence-electron chi connectivity index (χ2n) is 6.13. The van der Waals surface area contributed by atoms with Gasteiger partial charge in [-0.25, -0.2) is 12.7 Å². The quantitative estimate of drug-likeness (QED) is 0.769. The highest BCUT2D eigenvalue weighted by Gasteiger charge is 2.29. The van der Waals surface area contributed by atoms with Crippen LogP contribution < -0.4 is 4.74 Å². The Balaban J connectivity index is 1.60. The summed E-state index contributed by atoms with van der Waals surface area (Å²) >= 11 is 1.64. The molecule has 0 radical (unpaired) electrons. The molecule has 3 rings (SSSR count). The van der Waals surface area contributed by atoms with Crippen LogP contribution in [0.25, 0.3) is 0 Å². The van der Waals surface area contributed by atoms with E-state index in [1.807, 2.05) is 24.3 Å². The molecule has 0 spiro atoms. The van der Waals surface area contributed by atoms with Gasteiger partial charge in [0, 0.05) is 25.4 Å². The molecule has 6 nitrogen and oxygen atoms in total. The van der Waals surface area contributed by atoms with Gasteiger partial charge in [-0.3, -0.25) is 0 Å². The van der Waals surface area contributed by atoms with Crippen LogP contribution >= 0.6 is 11.3 Å². The molecule has 1 saturated heterocycles. The van der Waals surface area contributed by atoms with E-state index in [-0.39, 0.29) is 5.75 Å². The minimum Gasteiger partial charge on any atom is -0.497 e. The van der Waals surface area contributed by atoms with Crippen molar-refractivity contribution in [2.24, 2.45) is 0 Å². The maximum atomic E-state index is 11.9. The van der Waals surface area contributed by atoms with Gasteiger partial charge in [0.2, 0.25) is 10.0 Å². The lowest BCUT2D eigenvalue weighted by Crippen LogP contribution is -2.38. The molecule has 0 N–H and O–H groups in total. The molecule has 1 aliphatic rings. The summed E-state index contributed by atoms with van der Waals surface area (Å²) in [5, 5.41) is 10.7. The van der Waals surface area contributed by atoms with Crippen molar-refractivity contribution in [2.75, 3.05) is 26.0 Å². The number of piperidine rings is 1. The summed E-state index contributed by atoms with van der Waals surface area (Å²) < 4.78 is 30.7. The SMILES string of the molecule is CCS(=O)(=O)N1CCC(c2nnc(Cc3ccc(OC)cc3)s2)CC1. The molecule has 8 heteroatoms. The molecular weight excluding hydrogens is 358 g/mol. The Morgan fingerprint density at radius 3 is 2.48 bits per heavy atom. The van der Waals surface area contributed by atoms with Crippen LogP contribution in [-0.4, -0.2) is 48.9 Å². The first-order valence-corrected chi connectivity index (χ1v) is 10.9. The van der Waals surface area contributed by atoms with E-state index >= 15 is 0 Å². The van der Waals surface area contributed by atoms with Crippen LogP contribution in [-0.2, 0) is 16.4 Å². The largest absolute Gasteiger partial charge is 0.497 e. The van der Waals surface area contributed by atoms with E-state index in [0.717, 1.165) is 35.0 Å². The van der Waals surface area contributed by atoms with Crippen molar-refractivity contribution in [1.29, 1.82) is 0 Å². The number of hydrogen-bond acceptors (Lipinski definition) is 6. The first-order chi connectivity index (χ1) is 12.0. The Morgan fingerprint density at radius 2 is 1.88 bits per heavy atom. The van der Waals surface area contributed by atoms with Crippen LogP contribution in [0.15, 0.2) is 24.3 Å². The predicted molar refractivity (Wildman–Crippen MR) is 98.7 cm³/mol. The Hall–Kier alpha value is -1.51. The van der Waals surface area contributed by atoms with Crippen molar-refractivity contribution in [3.63, 3.8) is 0 Å². The predicted octanol–water partition coefficient (Wildman–Crippen LogP) is 2.67. The van der Waals surface area contributed by atoms with Gasteiger partial charge in [-0.2, -0.15) is 0 Å². The molecule has 0 amide bonds. The van der Waals surface area contributed by atoms with Crippen molar-refractivity contribution in [2.45, 2.75) is 32.1 Å². The number of sulfonamides is 1. The smallest absolute Gasteiger partial charge is 0.213 e. The summed E-state index contributed by atoms with van der Waals surface area (Å²) in [6.45, 7) is 2.85. The van der Waals surface area contributed by atoms with Gasteiger partial charge in [-0.05, 0) is 37.5 Å². The number of ether oxygens (including phenoxy) is 1. The summed E-state index contributed by atoms with van der Waals surface area (Å²) in [6, 6.07) is 7.96. The fourth-order valence-electron chi connectivity index (χ4n) is 2.98. The molecular formula is C17H23N3O3S2. The summed E-state index contributed by atoms with van der Waals surface area (Å²) in [7, 11) is -1.42. The third-order valence-corrected chi connectivity index (χ3v) is 7.53. The molecule has 25 heavy (non-hydrogen) atoms. The van der Waals surface area contributed by atoms with Crippen LogP contribution in [0.3, 0.4) is 0 Å². The van der Waals surface area contributed by atoms with E-state index in [9.17, 15) is 8.42 Å². The maximum absolute atomic E-state index is 11.9. The average Bonchev–Trinajstić information content (AvgIpc) is 3.11. The van der Waals surface area contributed by atoms with Crippen LogP contribution in [0.4, 0.5) is 0 Å². The molecule has 0 saturated carbocycles. The van der Waals surface area contributed by atoms with Crippen LogP contribution in [0, 0.1) is 0 Å². The standard InChI is InChI=1S/C17H23N3O3S2/c1-3-25(21,22)20-10-8-14(9-11-20)17-19-18-16(24-17)12-13-4-6-15(23-2)7-5-13/h4-7,14H,3,8-12H2,1-2H3. The number of rotatable bonds is 6. The van der Waals surface area contributed by atoms with E-state index < -0.39 is 10.0 Å². The zero-order chi connectivity index (χ0) is 17.9. The highest BCUT2D eigenvalue weighted by molar-refractivity contribution is 7.89. The molecule has 2 aromatic rings. The van der Waals surface area contributed by atoms with Crippen molar-refractivity contribution >= 4 is 21.4 Å². The highest BCUT2D eigenvalue weighted by Crippen LogP contribution is 2.31. The molecule has 1 aromatic heterocycles. The number of nitrogens with zero attached hydrogens (tertiary/aromatic N) is 3. The molecule has 1 aromatic carbocycles. The number of benzene rings is 1. The molecule has 136 valence electrons. The molecule has 1 aliphatic heterocycles. The van der Waals surface area contributed by atoms with E-state index in [2.05, 4.69) is 10.2 Å². The van der Waals surface area contributed by atoms with Gasteiger partial charge >= 0.3 is 0 Å². The summed E-state index contributed by atoms with van der Waals surface area (Å²) in [4.78, 5) is 0. The lowest BCUT2D eigenvalue weighted by atomic mass is 9.99. The fourth-order valence-corrected chi connectivity index (χ4v) is 5.16. The fraction of sp³-hybridized carbons (Fsp3) is 0.529. The van der Waals surface area contributed by atoms with E-state index in [0.29, 0.717) is 19.0 Å². The summed E-state index contributed by atoms with van der Waals surface area (Å²) in [6.07, 6.45) is 2.39. The van der Waals surface area contributed by atoms with Gasteiger partial charge in [-0.15, -0.1) is 21.5 Å². The van der Waals surface area contributed by atoms with Gasteiger partial charge < -0.3 is 4.74 Å². The summed E-state index contributed by atoms with van der Waals surface area (Å²) in [5.74, 6) is 1.32. The molecule has 1 fully saturated rings. The van der Waals surface area contributed by atoms with Gasteiger partial charge in [-0.1, -0.05) is 12.1 Å². The van der Waals surface area contributed by atoms with E-state index in [1.54, 1.807) is 29.7 Å². The van der Waals surface area contributed by atoms with Crippen LogP contribution in [0.5, 0.6) is 5.75 Å². The Kier molecular flexibility index (Phi) is 5.71. The molecule has 0 aliphatic carbocycles. The lowest BCUT2D eigenvalue weighted by molar-refractivity contribution is 0.319. The van der Waals surface area contributed by atoms with Gasteiger partial charge in [0.1, 0.15) is 15.8 Å². The summed E-state index contributed by atoms with van der Waals surface area (Å²) in [5.41, 5.74) is 1.17. The Labute approximate surface area is 152 Å². The van der Waals surface area contributed by atoms with Crippen molar-refractivity contribution in [3.05, 3.63) is 39.8 Å². The van der Waals surface area contributed by atoms with Gasteiger partial charge in [0.15, 0.2) is 0 Å². The lowest BCUT2D eigenvalue weighted by Gasteiger charge is -2.29. The first kappa shape index (κ1) is 18.3. The van der Waals surface area contributed by atoms with Gasteiger partial charge in [0.25, 0.3) is 0 Å². The zero-order valence-corrected chi connectivity index (χ0v) is 16.1. The van der Waals surface area contributed by atoms with Gasteiger partial charge in [0.05, 0.1) is 12.9 Å². The second-order valence-corrected chi connectivity index (χ2v) is 9.48. The second kappa shape index (κ2) is 7.80. The minimum absolute atomic E-state index is 0.169. The number of hydrogen-bond donors (Lipinski definition) is 0. The van der Waals surface area contributed by atoms with Crippen molar-refractivity contribution in [1.82, 2.24) is 14.5 Å². The molecule has 2 heterocycles. The van der Waals surface area contributed by atoms with Crippen LogP contribution in [0.2, 0.25) is 0 Å². The van der Waals surface area contributed by atoms with E-state index in [4.69, 9.17) is 4.74 Å². The first-order valence-electron chi connectivity index (χ1n) is 8.45. The third-order valence-electron chi connectivity index (χ3n) is 4.56. The molecule has 0 bridgehead atoms. The molecule has 0 atom stereocenters. The highest BCUT2D eigenvalue weighted by atomic mass is 32.2. The van der Waals surface area contributed by atoms with Crippen molar-refractivity contribution in [3.8, 4) is 5.75 Å². The zero-order valence-electron chi connectivity index (χ0n) is 14.5. The molecule has 0 unspecified atom stereocenters. The Bertz CT molecular complexity index is 795. The minimum atomic E-state index is -3.08. The number of aromatic nitrogens is 2. The third kappa shape index (κ3) is 4.37. The normalized spacial score (nSPS) is 16.9. The topological polar surface area (TPSA) is 72.4 Å². The number of methoxy groups -OCH3 is 1. The monoisotopic (exact) mass is 381 g/mol. The van der Waals surface area contributed by atoms with Crippen LogP contribution in [0.1, 0.15) is 41.3 Å². The Morgan fingerprint density at radius 1 is 1.20 bits per heavy atom. The van der Waals surface area contributed by atoms with E-state index in [1.165, 1.54) is 5.56 Å². The average molecular weight is 382 g/mol. The maximum Gasteiger partial charge on any atom is 0.213 e. The van der Waals surface area contributed by atoms with Crippen molar-refractivity contribution < 1.29 is 13.2 Å².